The normalized spacial score (nSPS) is 22.8. The van der Waals surface area contributed by atoms with Crippen LogP contribution < -0.4 is 5.73 Å². The fraction of sp³-hybridized carbons (Fsp3) is 0.429. The van der Waals surface area contributed by atoms with Gasteiger partial charge < -0.3 is 15.0 Å². The number of benzene rings is 1. The van der Waals surface area contributed by atoms with Crippen molar-refractivity contribution in [1.82, 2.24) is 10.1 Å². The Morgan fingerprint density at radius 2 is 2.32 bits per heavy atom. The molecule has 2 aromatic rings. The quantitative estimate of drug-likeness (QED) is 0.905. The maximum Gasteiger partial charge on any atom is 0.249 e. The Bertz CT molecular complexity index is 574. The third-order valence-electron chi connectivity index (χ3n) is 3.39. The van der Waals surface area contributed by atoms with Crippen molar-refractivity contribution in [3.63, 3.8) is 0 Å². The van der Waals surface area contributed by atoms with Crippen LogP contribution in [0, 0.1) is 6.92 Å². The van der Waals surface area contributed by atoms with Crippen LogP contribution in [0.25, 0.3) is 0 Å². The third-order valence-corrected chi connectivity index (χ3v) is 3.39. The molecule has 1 unspecified atom stereocenters. The Morgan fingerprint density at radius 3 is 3.05 bits per heavy atom. The van der Waals surface area contributed by atoms with Crippen molar-refractivity contribution in [3.05, 3.63) is 47.1 Å². The van der Waals surface area contributed by atoms with Crippen molar-refractivity contribution in [2.24, 2.45) is 5.73 Å². The van der Waals surface area contributed by atoms with E-state index in [1.54, 1.807) is 0 Å². The number of aromatic nitrogens is 2. The molecule has 100 valence electrons. The van der Waals surface area contributed by atoms with E-state index in [2.05, 4.69) is 35.3 Å². The van der Waals surface area contributed by atoms with Gasteiger partial charge in [-0.15, -0.1) is 0 Å². The minimum absolute atomic E-state index is 0.444. The van der Waals surface area contributed by atoms with Gasteiger partial charge in [0.05, 0.1) is 6.61 Å². The molecule has 0 amide bonds. The van der Waals surface area contributed by atoms with E-state index in [1.165, 1.54) is 11.1 Å². The minimum Gasteiger partial charge on any atom is -0.379 e. The van der Waals surface area contributed by atoms with Crippen molar-refractivity contribution in [2.45, 2.75) is 25.3 Å². The van der Waals surface area contributed by atoms with Gasteiger partial charge in [-0.25, -0.2) is 0 Å². The first-order valence-corrected chi connectivity index (χ1v) is 6.41. The Morgan fingerprint density at radius 1 is 1.42 bits per heavy atom. The summed E-state index contributed by atoms with van der Waals surface area (Å²) in [5, 5.41) is 4.01. The number of nitrogens with zero attached hydrogens (tertiary/aromatic N) is 2. The summed E-state index contributed by atoms with van der Waals surface area (Å²) in [6, 6.07) is 8.27. The Balaban J connectivity index is 1.78. The van der Waals surface area contributed by atoms with Crippen LogP contribution >= 0.6 is 0 Å². The maximum absolute atomic E-state index is 6.19. The van der Waals surface area contributed by atoms with E-state index in [-0.39, 0.29) is 0 Å². The van der Waals surface area contributed by atoms with Gasteiger partial charge in [-0.2, -0.15) is 4.98 Å². The Kier molecular flexibility index (Phi) is 3.08. The molecule has 0 bridgehead atoms. The molecule has 5 nitrogen and oxygen atoms in total. The summed E-state index contributed by atoms with van der Waals surface area (Å²) in [5.74, 6) is 1.14. The zero-order valence-corrected chi connectivity index (χ0v) is 10.9. The molecule has 5 heteroatoms. The van der Waals surface area contributed by atoms with Gasteiger partial charge in [0.1, 0.15) is 5.54 Å². The van der Waals surface area contributed by atoms with Crippen molar-refractivity contribution in [2.75, 3.05) is 13.2 Å². The highest BCUT2D eigenvalue weighted by Crippen LogP contribution is 2.26. The lowest BCUT2D eigenvalue weighted by atomic mass is 10.0. The van der Waals surface area contributed by atoms with Gasteiger partial charge >= 0.3 is 0 Å². The molecule has 2 N–H and O–H groups in total. The number of hydrogen-bond acceptors (Lipinski definition) is 5. The highest BCUT2D eigenvalue weighted by atomic mass is 16.5. The number of aryl methyl sites for hydroxylation is 1. The molecule has 1 fully saturated rings. The second-order valence-corrected chi connectivity index (χ2v) is 5.14. The van der Waals surface area contributed by atoms with Crippen molar-refractivity contribution >= 4 is 0 Å². The lowest BCUT2D eigenvalue weighted by Crippen LogP contribution is -2.37. The van der Waals surface area contributed by atoms with Crippen molar-refractivity contribution in [1.29, 1.82) is 0 Å². The average Bonchev–Trinajstić information content (AvgIpc) is 2.99. The van der Waals surface area contributed by atoms with Gasteiger partial charge in [0.15, 0.2) is 5.82 Å². The first-order chi connectivity index (χ1) is 9.16. The average molecular weight is 259 g/mol. The summed E-state index contributed by atoms with van der Waals surface area (Å²) < 4.78 is 10.6. The standard InChI is InChI=1S/C14H17N3O2/c1-10-3-2-4-11(7-10)8-12-16-13(19-17-12)14(15)5-6-18-9-14/h2-4,7H,5-6,8-9,15H2,1H3. The molecule has 19 heavy (non-hydrogen) atoms. The van der Waals surface area contributed by atoms with Gasteiger partial charge in [-0.05, 0) is 18.9 Å². The second-order valence-electron chi connectivity index (χ2n) is 5.14. The molecule has 0 saturated carbocycles. The first-order valence-electron chi connectivity index (χ1n) is 6.41. The molecular weight excluding hydrogens is 242 g/mol. The number of ether oxygens (including phenoxy) is 1. The van der Waals surface area contributed by atoms with Crippen LogP contribution in [0.5, 0.6) is 0 Å². The molecule has 1 saturated heterocycles. The first kappa shape index (κ1) is 12.3. The summed E-state index contributed by atoms with van der Waals surface area (Å²) in [6.45, 7) is 3.15. The van der Waals surface area contributed by atoms with E-state index in [1.807, 2.05) is 6.07 Å². The lowest BCUT2D eigenvalue weighted by molar-refractivity contribution is 0.166. The van der Waals surface area contributed by atoms with E-state index in [9.17, 15) is 0 Å². The molecule has 1 atom stereocenters. The van der Waals surface area contributed by atoms with Crippen LogP contribution in [0.1, 0.15) is 29.3 Å². The van der Waals surface area contributed by atoms with Crippen LogP contribution in [0.3, 0.4) is 0 Å². The van der Waals surface area contributed by atoms with Crippen molar-refractivity contribution < 1.29 is 9.26 Å². The zero-order valence-electron chi connectivity index (χ0n) is 10.9. The summed E-state index contributed by atoms with van der Waals surface area (Å²) in [7, 11) is 0. The van der Waals surface area contributed by atoms with Gasteiger partial charge in [-0.3, -0.25) is 0 Å². The number of rotatable bonds is 3. The second kappa shape index (κ2) is 4.75. The molecule has 1 aliphatic heterocycles. The summed E-state index contributed by atoms with van der Waals surface area (Å²) in [6.07, 6.45) is 1.38. The topological polar surface area (TPSA) is 74.2 Å². The number of nitrogens with two attached hydrogens (primary N) is 1. The van der Waals surface area contributed by atoms with Gasteiger partial charge in [0.2, 0.25) is 5.89 Å². The Labute approximate surface area is 111 Å². The van der Waals surface area contributed by atoms with E-state index in [4.69, 9.17) is 15.0 Å². The Hall–Kier alpha value is -1.72. The van der Waals surface area contributed by atoms with E-state index in [0.29, 0.717) is 31.3 Å². The highest BCUT2D eigenvalue weighted by molar-refractivity contribution is 5.24. The lowest BCUT2D eigenvalue weighted by Gasteiger charge is -2.14. The van der Waals surface area contributed by atoms with E-state index >= 15 is 0 Å². The summed E-state index contributed by atoms with van der Waals surface area (Å²) in [4.78, 5) is 4.41. The zero-order chi connectivity index (χ0) is 13.3. The summed E-state index contributed by atoms with van der Waals surface area (Å²) >= 11 is 0. The van der Waals surface area contributed by atoms with Gasteiger partial charge in [0, 0.05) is 13.0 Å². The molecule has 0 spiro atoms. The monoisotopic (exact) mass is 259 g/mol. The molecule has 1 aromatic heterocycles. The predicted octanol–water partition coefficient (Wildman–Crippen LogP) is 1.54. The third kappa shape index (κ3) is 2.52. The molecule has 3 rings (SSSR count). The largest absolute Gasteiger partial charge is 0.379 e. The molecule has 1 aromatic carbocycles. The molecule has 0 aliphatic carbocycles. The molecule has 1 aliphatic rings. The van der Waals surface area contributed by atoms with Crippen LogP contribution in [-0.2, 0) is 16.7 Å². The fourth-order valence-corrected chi connectivity index (χ4v) is 2.28. The number of hydrogen-bond donors (Lipinski definition) is 1. The molecular formula is C14H17N3O2. The van der Waals surface area contributed by atoms with Crippen molar-refractivity contribution in [3.8, 4) is 0 Å². The highest BCUT2D eigenvalue weighted by Gasteiger charge is 2.38. The van der Waals surface area contributed by atoms with Crippen LogP contribution in [0.4, 0.5) is 0 Å². The molecule has 2 heterocycles. The van der Waals surface area contributed by atoms with Gasteiger partial charge in [0.25, 0.3) is 0 Å². The molecule has 0 radical (unpaired) electrons. The van der Waals surface area contributed by atoms with Crippen LogP contribution in [-0.4, -0.2) is 23.4 Å². The van der Waals surface area contributed by atoms with E-state index in [0.717, 1.165) is 6.42 Å². The predicted molar refractivity (Wildman–Crippen MR) is 69.6 cm³/mol. The van der Waals surface area contributed by atoms with E-state index < -0.39 is 5.54 Å². The van der Waals surface area contributed by atoms with Crippen LogP contribution in [0.2, 0.25) is 0 Å². The van der Waals surface area contributed by atoms with Crippen LogP contribution in [0.15, 0.2) is 28.8 Å². The summed E-state index contributed by atoms with van der Waals surface area (Å²) in [5.41, 5.74) is 7.97. The smallest absolute Gasteiger partial charge is 0.249 e. The fourth-order valence-electron chi connectivity index (χ4n) is 2.28. The van der Waals surface area contributed by atoms with Gasteiger partial charge in [-0.1, -0.05) is 35.0 Å². The SMILES string of the molecule is Cc1cccc(Cc2noc(C3(N)CCOC3)n2)c1. The minimum atomic E-state index is -0.613. The maximum atomic E-state index is 6.19.